The van der Waals surface area contributed by atoms with E-state index < -0.39 is 0 Å². The number of hydrogen-bond acceptors (Lipinski definition) is 7. The van der Waals surface area contributed by atoms with Gasteiger partial charge in [-0.25, -0.2) is 0 Å². The van der Waals surface area contributed by atoms with E-state index in [2.05, 4.69) is 48.2 Å². The fourth-order valence-corrected chi connectivity index (χ4v) is 7.09. The molecule has 1 atom stereocenters. The maximum Gasteiger partial charge on any atom is 0.147 e. The Kier molecular flexibility index (Phi) is 6.78. The normalized spacial score (nSPS) is 19.9. The highest BCUT2D eigenvalue weighted by molar-refractivity contribution is 8.14. The molecule has 9 heteroatoms. The Hall–Kier alpha value is -3.30. The molecule has 1 saturated carbocycles. The van der Waals surface area contributed by atoms with Crippen LogP contribution in [0.3, 0.4) is 0 Å². The average molecular weight is 542 g/mol. The van der Waals surface area contributed by atoms with E-state index in [1.165, 1.54) is 25.7 Å². The molecular weight excluding hydrogens is 506 g/mol. The van der Waals surface area contributed by atoms with Crippen molar-refractivity contribution in [1.29, 1.82) is 0 Å². The number of thioether (sulfide) groups is 1. The smallest absolute Gasteiger partial charge is 0.147 e. The van der Waals surface area contributed by atoms with Crippen LogP contribution in [0.4, 0.5) is 5.69 Å². The summed E-state index contributed by atoms with van der Waals surface area (Å²) < 4.78 is 8.49. The van der Waals surface area contributed by atoms with Gasteiger partial charge in [0.25, 0.3) is 0 Å². The molecule has 1 aliphatic carbocycles. The summed E-state index contributed by atoms with van der Waals surface area (Å²) in [6, 6.07) is 17.4. The third-order valence-corrected chi connectivity index (χ3v) is 9.28. The summed E-state index contributed by atoms with van der Waals surface area (Å²) in [7, 11) is 0. The second-order valence-electron chi connectivity index (χ2n) is 10.9. The number of aromatic amines is 1. The lowest BCUT2D eigenvalue weighted by Gasteiger charge is -2.27. The minimum Gasteiger partial charge on any atom is -0.457 e. The summed E-state index contributed by atoms with van der Waals surface area (Å²) in [5.74, 6) is 4.83. The number of aryl methyl sites for hydroxylation is 1. The monoisotopic (exact) mass is 541 g/mol. The number of aliphatic imine (C=N–C) groups is 1. The number of para-hydroxylation sites is 1. The predicted octanol–water partition coefficient (Wildman–Crippen LogP) is 5.98. The molecule has 2 aromatic heterocycles. The molecule has 8 nitrogen and oxygen atoms in total. The average Bonchev–Trinajstić information content (AvgIpc) is 3.76. The van der Waals surface area contributed by atoms with Gasteiger partial charge in [-0.2, -0.15) is 0 Å². The fraction of sp³-hybridized carbons (Fsp3) is 0.433. The Bertz CT molecular complexity index is 1490. The molecule has 4 heterocycles. The van der Waals surface area contributed by atoms with Crippen LogP contribution in [-0.2, 0) is 13.1 Å². The molecular formula is C30H35N7OS. The zero-order valence-corrected chi connectivity index (χ0v) is 23.2. The number of nitrogens with one attached hydrogen (secondary N) is 2. The van der Waals surface area contributed by atoms with E-state index in [0.717, 1.165) is 88.8 Å². The molecule has 0 amide bonds. The van der Waals surface area contributed by atoms with Gasteiger partial charge in [-0.3, -0.25) is 9.89 Å². The number of fused-ring (bicyclic) bond motifs is 2. The largest absolute Gasteiger partial charge is 0.457 e. The van der Waals surface area contributed by atoms with Crippen LogP contribution < -0.4 is 10.1 Å². The molecule has 3 aliphatic rings. The highest BCUT2D eigenvalue weighted by atomic mass is 32.2. The second kappa shape index (κ2) is 10.7. The Morgan fingerprint density at radius 3 is 2.79 bits per heavy atom. The maximum atomic E-state index is 6.25. The number of H-pyrrole nitrogens is 1. The first-order chi connectivity index (χ1) is 19.2. The van der Waals surface area contributed by atoms with Gasteiger partial charge in [0.2, 0.25) is 0 Å². The fourth-order valence-electron chi connectivity index (χ4n) is 6.01. The summed E-state index contributed by atoms with van der Waals surface area (Å²) in [5.41, 5.74) is 3.35. The van der Waals surface area contributed by atoms with E-state index in [9.17, 15) is 0 Å². The van der Waals surface area contributed by atoms with Crippen molar-refractivity contribution >= 4 is 33.4 Å². The Morgan fingerprint density at radius 2 is 1.92 bits per heavy atom. The third kappa shape index (κ3) is 5.30. The van der Waals surface area contributed by atoms with E-state index in [1.807, 2.05) is 49.0 Å². The van der Waals surface area contributed by atoms with Gasteiger partial charge in [-0.1, -0.05) is 31.0 Å². The van der Waals surface area contributed by atoms with E-state index in [-0.39, 0.29) is 0 Å². The van der Waals surface area contributed by atoms with Crippen LogP contribution in [0, 0.1) is 6.92 Å². The number of anilines is 1. The van der Waals surface area contributed by atoms with Gasteiger partial charge >= 0.3 is 0 Å². The summed E-state index contributed by atoms with van der Waals surface area (Å²) in [6.45, 7) is 5.98. The van der Waals surface area contributed by atoms with Crippen molar-refractivity contribution < 1.29 is 4.74 Å². The molecule has 0 unspecified atom stereocenters. The first-order valence-corrected chi connectivity index (χ1v) is 15.1. The Balaban J connectivity index is 1.08. The molecule has 1 fully saturated rings. The van der Waals surface area contributed by atoms with Crippen LogP contribution in [-0.4, -0.2) is 60.6 Å². The zero-order valence-electron chi connectivity index (χ0n) is 22.4. The summed E-state index contributed by atoms with van der Waals surface area (Å²) in [6.07, 6.45) is 6.09. The Labute approximate surface area is 233 Å². The van der Waals surface area contributed by atoms with E-state index in [1.54, 1.807) is 0 Å². The van der Waals surface area contributed by atoms with Crippen molar-refractivity contribution in [2.75, 3.05) is 24.2 Å². The molecule has 2 aliphatic heterocycles. The quantitative estimate of drug-likeness (QED) is 0.285. The highest BCUT2D eigenvalue weighted by Gasteiger charge is 2.25. The van der Waals surface area contributed by atoms with Crippen molar-refractivity contribution in [3.63, 3.8) is 0 Å². The second-order valence-corrected chi connectivity index (χ2v) is 11.9. The summed E-state index contributed by atoms with van der Waals surface area (Å²) in [4.78, 5) is 11.3. The van der Waals surface area contributed by atoms with Gasteiger partial charge in [0.1, 0.15) is 28.2 Å². The van der Waals surface area contributed by atoms with Gasteiger partial charge in [0.15, 0.2) is 0 Å². The van der Waals surface area contributed by atoms with Crippen LogP contribution in [0.25, 0.3) is 10.9 Å². The van der Waals surface area contributed by atoms with Crippen molar-refractivity contribution in [1.82, 2.24) is 24.6 Å². The van der Waals surface area contributed by atoms with Crippen LogP contribution >= 0.6 is 11.8 Å². The minimum absolute atomic E-state index is 0.339. The lowest BCUT2D eigenvalue weighted by molar-refractivity contribution is 0.210. The van der Waals surface area contributed by atoms with Crippen molar-refractivity contribution in [2.45, 2.75) is 64.2 Å². The van der Waals surface area contributed by atoms with E-state index in [0.29, 0.717) is 12.1 Å². The van der Waals surface area contributed by atoms with Crippen molar-refractivity contribution in [2.24, 2.45) is 4.99 Å². The maximum absolute atomic E-state index is 6.25. The van der Waals surface area contributed by atoms with Crippen LogP contribution in [0.5, 0.6) is 11.5 Å². The third-order valence-electron chi connectivity index (χ3n) is 8.13. The number of ether oxygens (including phenoxy) is 1. The summed E-state index contributed by atoms with van der Waals surface area (Å²) in [5, 5.41) is 14.7. The molecule has 0 spiro atoms. The number of nitrogens with zero attached hydrogens (tertiary/aromatic N) is 5. The van der Waals surface area contributed by atoms with Crippen molar-refractivity contribution in [3.05, 3.63) is 65.9 Å². The molecule has 2 aromatic carbocycles. The number of benzene rings is 2. The highest BCUT2D eigenvalue weighted by Crippen LogP contribution is 2.36. The van der Waals surface area contributed by atoms with E-state index >= 15 is 0 Å². The van der Waals surface area contributed by atoms with Crippen LogP contribution in [0.1, 0.15) is 49.4 Å². The van der Waals surface area contributed by atoms with Gasteiger partial charge in [0.05, 0.1) is 29.5 Å². The topological polar surface area (TPSA) is 83.4 Å². The molecule has 39 heavy (non-hydrogen) atoms. The zero-order chi connectivity index (χ0) is 26.2. The van der Waals surface area contributed by atoms with Gasteiger partial charge in [-0.05, 0) is 50.5 Å². The van der Waals surface area contributed by atoms with Crippen LogP contribution in [0.15, 0.2) is 53.5 Å². The van der Waals surface area contributed by atoms with Gasteiger partial charge in [0, 0.05) is 42.9 Å². The molecule has 0 bridgehead atoms. The SMILES string of the molecule is Cc1nnc2n1CCN(CC[C@H]1CSC(c3cc4cc(Oc5ccccc5)cc(NC5CCCC5)c4[nH]3)=N1)C2. The summed E-state index contributed by atoms with van der Waals surface area (Å²) >= 11 is 1.87. The lowest BCUT2D eigenvalue weighted by Crippen LogP contribution is -2.35. The molecule has 0 radical (unpaired) electrons. The molecule has 202 valence electrons. The number of aromatic nitrogens is 4. The number of hydrogen-bond donors (Lipinski definition) is 2. The van der Waals surface area contributed by atoms with Crippen molar-refractivity contribution in [3.8, 4) is 11.5 Å². The van der Waals surface area contributed by atoms with Gasteiger partial charge in [-0.15, -0.1) is 22.0 Å². The minimum atomic E-state index is 0.339. The first-order valence-electron chi connectivity index (χ1n) is 14.2. The predicted molar refractivity (Wildman–Crippen MR) is 158 cm³/mol. The van der Waals surface area contributed by atoms with E-state index in [4.69, 9.17) is 9.73 Å². The van der Waals surface area contributed by atoms with Crippen LogP contribution in [0.2, 0.25) is 0 Å². The standard InChI is InChI=1S/C30H35N7OS/c1-20-34-35-28-18-36(13-14-37(20)28)12-11-23-19-39-30(32-23)27-16-21-15-25(38-24-9-3-2-4-10-24)17-26(29(21)33-27)31-22-7-5-6-8-22/h2-4,9-10,15-17,22-23,31,33H,5-8,11-14,18-19H2,1H3/t23-/m0/s1. The first kappa shape index (κ1) is 24.7. The lowest BCUT2D eigenvalue weighted by atomic mass is 10.1. The number of rotatable bonds is 8. The Morgan fingerprint density at radius 1 is 1.05 bits per heavy atom. The molecule has 0 saturated heterocycles. The molecule has 4 aromatic rings. The van der Waals surface area contributed by atoms with Gasteiger partial charge < -0.3 is 19.6 Å². The molecule has 2 N–H and O–H groups in total. The molecule has 7 rings (SSSR count).